The van der Waals surface area contributed by atoms with Crippen molar-refractivity contribution in [1.29, 1.82) is 0 Å². The fourth-order valence-electron chi connectivity index (χ4n) is 2.64. The lowest BCUT2D eigenvalue weighted by atomic mass is 10.2. The Kier molecular flexibility index (Phi) is 3.50. The van der Waals surface area contributed by atoms with Gasteiger partial charge in [0.2, 0.25) is 0 Å². The van der Waals surface area contributed by atoms with Gasteiger partial charge in [0.25, 0.3) is 0 Å². The first-order valence-corrected chi connectivity index (χ1v) is 7.60. The molecule has 3 heterocycles. The minimum Gasteiger partial charge on any atom is -0.355 e. The second-order valence-electron chi connectivity index (χ2n) is 5.26. The van der Waals surface area contributed by atoms with E-state index in [1.165, 1.54) is 5.82 Å². The maximum atomic E-state index is 4.68. The molecule has 0 aliphatic carbocycles. The third-order valence-corrected chi connectivity index (χ3v) is 4.16. The molecule has 102 valence electrons. The van der Waals surface area contributed by atoms with Crippen LogP contribution < -0.4 is 10.2 Å². The maximum Gasteiger partial charge on any atom is 0.132 e. The largest absolute Gasteiger partial charge is 0.355 e. The lowest BCUT2D eigenvalue weighted by molar-refractivity contribution is 0.581. The van der Waals surface area contributed by atoms with Gasteiger partial charge in [0.05, 0.1) is 5.52 Å². The summed E-state index contributed by atoms with van der Waals surface area (Å²) in [6.07, 6.45) is 0. The van der Waals surface area contributed by atoms with Crippen LogP contribution in [0.2, 0.25) is 0 Å². The molecule has 0 aromatic carbocycles. The monoisotopic (exact) mass is 322 g/mol. The summed E-state index contributed by atoms with van der Waals surface area (Å²) in [7, 11) is 0. The third-order valence-electron chi connectivity index (χ3n) is 3.58. The molecule has 3 rings (SSSR count). The van der Waals surface area contributed by atoms with Gasteiger partial charge < -0.3 is 10.2 Å². The number of anilines is 1. The van der Waals surface area contributed by atoms with Crippen molar-refractivity contribution in [3.63, 3.8) is 0 Å². The molecule has 1 saturated heterocycles. The Morgan fingerprint density at radius 3 is 2.68 bits per heavy atom. The van der Waals surface area contributed by atoms with E-state index in [2.05, 4.69) is 67.6 Å². The minimum atomic E-state index is 0.405. The second-order valence-corrected chi connectivity index (χ2v) is 6.01. The summed E-state index contributed by atoms with van der Waals surface area (Å²) in [5.74, 6) is 2.78. The van der Waals surface area contributed by atoms with Gasteiger partial charge in [0.1, 0.15) is 16.2 Å². The highest BCUT2D eigenvalue weighted by molar-refractivity contribution is 9.10. The normalized spacial score (nSPS) is 16.5. The van der Waals surface area contributed by atoms with E-state index in [0.29, 0.717) is 5.92 Å². The van der Waals surface area contributed by atoms with Crippen molar-refractivity contribution in [3.8, 4) is 0 Å². The van der Waals surface area contributed by atoms with Crippen molar-refractivity contribution >= 4 is 27.3 Å². The van der Waals surface area contributed by atoms with Crippen molar-refractivity contribution in [2.75, 3.05) is 31.1 Å². The Bertz CT molecular complexity index is 584. The molecule has 0 saturated carbocycles. The SMILES string of the molecule is CC(C)c1nc(Br)c2cccc(N3CCNCC3)n12. The van der Waals surface area contributed by atoms with Gasteiger partial charge in [-0.2, -0.15) is 0 Å². The van der Waals surface area contributed by atoms with Gasteiger partial charge in [0.15, 0.2) is 0 Å². The fraction of sp³-hybridized carbons (Fsp3) is 0.500. The number of nitrogens with one attached hydrogen (secondary N) is 1. The number of rotatable bonds is 2. The lowest BCUT2D eigenvalue weighted by Gasteiger charge is -2.30. The highest BCUT2D eigenvalue weighted by atomic mass is 79.9. The number of piperazine rings is 1. The summed E-state index contributed by atoms with van der Waals surface area (Å²) in [5.41, 5.74) is 1.15. The average molecular weight is 323 g/mol. The smallest absolute Gasteiger partial charge is 0.132 e. The summed E-state index contributed by atoms with van der Waals surface area (Å²) in [6.45, 7) is 8.57. The maximum absolute atomic E-state index is 4.68. The van der Waals surface area contributed by atoms with Gasteiger partial charge in [-0.3, -0.25) is 4.40 Å². The van der Waals surface area contributed by atoms with E-state index in [-0.39, 0.29) is 0 Å². The summed E-state index contributed by atoms with van der Waals surface area (Å²) in [5, 5.41) is 3.40. The summed E-state index contributed by atoms with van der Waals surface area (Å²) in [4.78, 5) is 7.12. The van der Waals surface area contributed by atoms with Crippen molar-refractivity contribution in [2.45, 2.75) is 19.8 Å². The standard InChI is InChI=1S/C14H19BrN4/c1-10(2)14-17-13(15)11-4-3-5-12(19(11)14)18-8-6-16-7-9-18/h3-5,10,16H,6-9H2,1-2H3. The van der Waals surface area contributed by atoms with Gasteiger partial charge >= 0.3 is 0 Å². The number of fused-ring (bicyclic) bond motifs is 1. The zero-order chi connectivity index (χ0) is 13.4. The number of nitrogens with zero attached hydrogens (tertiary/aromatic N) is 3. The van der Waals surface area contributed by atoms with E-state index in [1.807, 2.05) is 0 Å². The van der Waals surface area contributed by atoms with Gasteiger partial charge in [0, 0.05) is 32.1 Å². The Morgan fingerprint density at radius 2 is 2.00 bits per heavy atom. The van der Waals surface area contributed by atoms with Crippen molar-refractivity contribution in [3.05, 3.63) is 28.6 Å². The van der Waals surface area contributed by atoms with Crippen LogP contribution in [0.1, 0.15) is 25.6 Å². The molecule has 4 nitrogen and oxygen atoms in total. The van der Waals surface area contributed by atoms with Crippen LogP contribution in [-0.4, -0.2) is 35.6 Å². The highest BCUT2D eigenvalue weighted by Gasteiger charge is 2.19. The van der Waals surface area contributed by atoms with Crippen molar-refractivity contribution in [2.24, 2.45) is 0 Å². The third kappa shape index (κ3) is 2.25. The number of imidazole rings is 1. The fourth-order valence-corrected chi connectivity index (χ4v) is 3.13. The van der Waals surface area contributed by atoms with Gasteiger partial charge in [-0.15, -0.1) is 0 Å². The molecule has 1 aliphatic rings. The molecule has 1 N–H and O–H groups in total. The number of hydrogen-bond donors (Lipinski definition) is 1. The molecule has 2 aromatic rings. The van der Waals surface area contributed by atoms with Crippen LogP contribution in [0, 0.1) is 0 Å². The Morgan fingerprint density at radius 1 is 1.26 bits per heavy atom. The van der Waals surface area contributed by atoms with E-state index in [0.717, 1.165) is 42.1 Å². The highest BCUT2D eigenvalue weighted by Crippen LogP contribution is 2.28. The molecule has 0 amide bonds. The Labute approximate surface area is 121 Å². The first kappa shape index (κ1) is 12.9. The number of hydrogen-bond acceptors (Lipinski definition) is 3. The summed E-state index contributed by atoms with van der Waals surface area (Å²) >= 11 is 3.58. The molecule has 0 bridgehead atoms. The first-order chi connectivity index (χ1) is 9.18. The van der Waals surface area contributed by atoms with E-state index in [4.69, 9.17) is 0 Å². The van der Waals surface area contributed by atoms with Crippen LogP contribution >= 0.6 is 15.9 Å². The quantitative estimate of drug-likeness (QED) is 0.922. The first-order valence-electron chi connectivity index (χ1n) is 6.81. The number of aromatic nitrogens is 2. The molecule has 0 radical (unpaired) electrons. The van der Waals surface area contributed by atoms with Crippen molar-refractivity contribution < 1.29 is 0 Å². The molecule has 19 heavy (non-hydrogen) atoms. The topological polar surface area (TPSA) is 32.6 Å². The summed E-state index contributed by atoms with van der Waals surface area (Å²) in [6, 6.07) is 6.43. The molecule has 1 fully saturated rings. The van der Waals surface area contributed by atoms with E-state index < -0.39 is 0 Å². The molecule has 0 spiro atoms. The predicted molar refractivity (Wildman–Crippen MR) is 82.1 cm³/mol. The van der Waals surface area contributed by atoms with Gasteiger partial charge in [-0.25, -0.2) is 4.98 Å². The van der Waals surface area contributed by atoms with Crippen LogP contribution in [0.15, 0.2) is 22.8 Å². The lowest BCUT2D eigenvalue weighted by Crippen LogP contribution is -2.44. The predicted octanol–water partition coefficient (Wildman–Crippen LogP) is 2.63. The van der Waals surface area contributed by atoms with E-state index >= 15 is 0 Å². The van der Waals surface area contributed by atoms with E-state index in [1.54, 1.807) is 0 Å². The zero-order valence-corrected chi connectivity index (χ0v) is 12.9. The average Bonchev–Trinajstić information content (AvgIpc) is 2.78. The molecule has 2 aromatic heterocycles. The van der Waals surface area contributed by atoms with Gasteiger partial charge in [-0.1, -0.05) is 19.9 Å². The minimum absolute atomic E-state index is 0.405. The molecular weight excluding hydrogens is 304 g/mol. The Hall–Kier alpha value is -1.07. The molecule has 0 atom stereocenters. The second kappa shape index (κ2) is 5.13. The van der Waals surface area contributed by atoms with Crippen LogP contribution in [0.4, 0.5) is 5.82 Å². The summed E-state index contributed by atoms with van der Waals surface area (Å²) < 4.78 is 3.23. The van der Waals surface area contributed by atoms with E-state index in [9.17, 15) is 0 Å². The molecule has 1 aliphatic heterocycles. The Balaban J connectivity index is 2.17. The van der Waals surface area contributed by atoms with Gasteiger partial charge in [-0.05, 0) is 28.1 Å². The van der Waals surface area contributed by atoms with Crippen LogP contribution in [0.5, 0.6) is 0 Å². The van der Waals surface area contributed by atoms with Crippen molar-refractivity contribution in [1.82, 2.24) is 14.7 Å². The zero-order valence-electron chi connectivity index (χ0n) is 11.4. The van der Waals surface area contributed by atoms with Crippen LogP contribution in [0.3, 0.4) is 0 Å². The molecule has 5 heteroatoms. The number of pyridine rings is 1. The van der Waals surface area contributed by atoms with Crippen LogP contribution in [-0.2, 0) is 0 Å². The molecule has 0 unspecified atom stereocenters. The number of halogens is 1. The van der Waals surface area contributed by atoms with Crippen LogP contribution in [0.25, 0.3) is 5.52 Å². The molecular formula is C14H19BrN4.